The predicted octanol–water partition coefficient (Wildman–Crippen LogP) is 2.47. The summed E-state index contributed by atoms with van der Waals surface area (Å²) in [7, 11) is 0. The quantitative estimate of drug-likeness (QED) is 0.662. The number of amides is 2. The SMILES string of the molecule is CCCC(CCO)CNC(=O)C(=O)Nc1c(F)cc(Cl)cc1F. The average molecular weight is 349 g/mol. The molecular formula is C15H19ClF2N2O3. The van der Waals surface area contributed by atoms with Crippen LogP contribution in [0.2, 0.25) is 5.02 Å². The molecule has 23 heavy (non-hydrogen) atoms. The van der Waals surface area contributed by atoms with Crippen molar-refractivity contribution < 1.29 is 23.5 Å². The molecular weight excluding hydrogens is 330 g/mol. The second-order valence-corrected chi connectivity index (χ2v) is 5.51. The zero-order chi connectivity index (χ0) is 17.4. The maximum Gasteiger partial charge on any atom is 0.313 e. The molecule has 0 saturated carbocycles. The topological polar surface area (TPSA) is 78.4 Å². The normalized spacial score (nSPS) is 11.9. The van der Waals surface area contributed by atoms with Crippen molar-refractivity contribution in [2.75, 3.05) is 18.5 Å². The van der Waals surface area contributed by atoms with Gasteiger partial charge in [-0.05, 0) is 30.9 Å². The lowest BCUT2D eigenvalue weighted by molar-refractivity contribution is -0.136. The number of carbonyl (C=O) groups is 2. The van der Waals surface area contributed by atoms with Crippen LogP contribution in [0.4, 0.5) is 14.5 Å². The number of aliphatic hydroxyl groups excluding tert-OH is 1. The first-order chi connectivity index (χ1) is 10.9. The highest BCUT2D eigenvalue weighted by Gasteiger charge is 2.20. The number of halogens is 3. The van der Waals surface area contributed by atoms with Crippen molar-refractivity contribution in [3.63, 3.8) is 0 Å². The van der Waals surface area contributed by atoms with Gasteiger partial charge in [0.25, 0.3) is 0 Å². The van der Waals surface area contributed by atoms with Gasteiger partial charge < -0.3 is 15.7 Å². The minimum atomic E-state index is -1.18. The summed E-state index contributed by atoms with van der Waals surface area (Å²) in [5.74, 6) is -4.28. The number of nitrogens with one attached hydrogen (secondary N) is 2. The first kappa shape index (κ1) is 19.3. The van der Waals surface area contributed by atoms with Crippen LogP contribution in [-0.4, -0.2) is 30.1 Å². The largest absolute Gasteiger partial charge is 0.396 e. The molecule has 0 radical (unpaired) electrons. The van der Waals surface area contributed by atoms with E-state index in [1.807, 2.05) is 12.2 Å². The van der Waals surface area contributed by atoms with E-state index in [1.54, 1.807) is 0 Å². The molecule has 0 bridgehead atoms. The molecule has 0 saturated heterocycles. The Balaban J connectivity index is 2.62. The van der Waals surface area contributed by atoms with Crippen molar-refractivity contribution in [3.8, 4) is 0 Å². The number of aliphatic hydroxyl groups is 1. The van der Waals surface area contributed by atoms with Crippen LogP contribution in [0.5, 0.6) is 0 Å². The highest BCUT2D eigenvalue weighted by Crippen LogP contribution is 2.23. The van der Waals surface area contributed by atoms with Crippen LogP contribution in [-0.2, 0) is 9.59 Å². The second-order valence-electron chi connectivity index (χ2n) is 5.08. The average Bonchev–Trinajstić information content (AvgIpc) is 2.48. The summed E-state index contributed by atoms with van der Waals surface area (Å²) < 4.78 is 27.1. The molecule has 8 heteroatoms. The van der Waals surface area contributed by atoms with E-state index in [4.69, 9.17) is 16.7 Å². The summed E-state index contributed by atoms with van der Waals surface area (Å²) in [4.78, 5) is 23.4. The molecule has 1 rings (SSSR count). The minimum Gasteiger partial charge on any atom is -0.396 e. The van der Waals surface area contributed by atoms with Gasteiger partial charge in [0.1, 0.15) is 5.69 Å². The van der Waals surface area contributed by atoms with Gasteiger partial charge in [-0.15, -0.1) is 0 Å². The van der Waals surface area contributed by atoms with E-state index < -0.39 is 29.1 Å². The zero-order valence-corrected chi connectivity index (χ0v) is 13.4. The van der Waals surface area contributed by atoms with Crippen LogP contribution in [0.1, 0.15) is 26.2 Å². The fourth-order valence-corrected chi connectivity index (χ4v) is 2.28. The standard InChI is InChI=1S/C15H19ClF2N2O3/c1-2-3-9(4-5-21)8-19-14(22)15(23)20-13-11(17)6-10(16)7-12(13)18/h6-7,9,21H,2-5,8H2,1H3,(H,19,22)(H,20,23). The van der Waals surface area contributed by atoms with Crippen molar-refractivity contribution in [1.29, 1.82) is 0 Å². The van der Waals surface area contributed by atoms with Crippen LogP contribution >= 0.6 is 11.6 Å². The van der Waals surface area contributed by atoms with Gasteiger partial charge in [0.05, 0.1) is 0 Å². The van der Waals surface area contributed by atoms with Gasteiger partial charge in [-0.25, -0.2) is 8.78 Å². The van der Waals surface area contributed by atoms with Gasteiger partial charge >= 0.3 is 11.8 Å². The number of benzene rings is 1. The molecule has 3 N–H and O–H groups in total. The summed E-state index contributed by atoms with van der Waals surface area (Å²) >= 11 is 5.47. The smallest absolute Gasteiger partial charge is 0.313 e. The second kappa shape index (κ2) is 9.42. The van der Waals surface area contributed by atoms with Crippen LogP contribution < -0.4 is 10.6 Å². The minimum absolute atomic E-state index is 0.0199. The molecule has 1 unspecified atom stereocenters. The van der Waals surface area contributed by atoms with E-state index in [2.05, 4.69) is 5.32 Å². The Morgan fingerprint density at radius 2 is 1.83 bits per heavy atom. The fraction of sp³-hybridized carbons (Fsp3) is 0.467. The lowest BCUT2D eigenvalue weighted by Gasteiger charge is -2.15. The van der Waals surface area contributed by atoms with Crippen LogP contribution in [0.15, 0.2) is 12.1 Å². The first-order valence-electron chi connectivity index (χ1n) is 7.23. The summed E-state index contributed by atoms with van der Waals surface area (Å²) in [5.41, 5.74) is -0.727. The summed E-state index contributed by atoms with van der Waals surface area (Å²) in [6.07, 6.45) is 2.15. The van der Waals surface area contributed by atoms with E-state index in [0.29, 0.717) is 6.42 Å². The molecule has 0 heterocycles. The Morgan fingerprint density at radius 3 is 2.35 bits per heavy atom. The Kier molecular flexibility index (Phi) is 7.91. The lowest BCUT2D eigenvalue weighted by atomic mass is 10.0. The molecule has 1 atom stereocenters. The maximum atomic E-state index is 13.6. The number of anilines is 1. The van der Waals surface area contributed by atoms with Gasteiger partial charge in [-0.1, -0.05) is 24.9 Å². The molecule has 0 spiro atoms. The Labute approximate surface area is 138 Å². The van der Waals surface area contributed by atoms with E-state index in [0.717, 1.165) is 25.0 Å². The van der Waals surface area contributed by atoms with Gasteiger partial charge in [-0.3, -0.25) is 9.59 Å². The van der Waals surface area contributed by atoms with Gasteiger partial charge in [0.15, 0.2) is 11.6 Å². The van der Waals surface area contributed by atoms with Crippen molar-refractivity contribution in [2.45, 2.75) is 26.2 Å². The summed E-state index contributed by atoms with van der Waals surface area (Å²) in [5, 5.41) is 13.0. The monoisotopic (exact) mass is 348 g/mol. The number of carbonyl (C=O) groups excluding carboxylic acids is 2. The third kappa shape index (κ3) is 6.11. The van der Waals surface area contributed by atoms with Crippen LogP contribution in [0, 0.1) is 17.6 Å². The van der Waals surface area contributed by atoms with Crippen molar-refractivity contribution in [3.05, 3.63) is 28.8 Å². The molecule has 1 aromatic rings. The van der Waals surface area contributed by atoms with E-state index in [9.17, 15) is 18.4 Å². The number of rotatable bonds is 7. The number of hydrogen-bond acceptors (Lipinski definition) is 3. The Morgan fingerprint density at radius 1 is 1.22 bits per heavy atom. The van der Waals surface area contributed by atoms with Crippen molar-refractivity contribution in [2.24, 2.45) is 5.92 Å². The lowest BCUT2D eigenvalue weighted by Crippen LogP contribution is -2.38. The van der Waals surface area contributed by atoms with Crippen molar-refractivity contribution >= 4 is 29.1 Å². The van der Waals surface area contributed by atoms with Gasteiger partial charge in [0, 0.05) is 18.2 Å². The molecule has 1 aromatic carbocycles. The third-order valence-electron chi connectivity index (χ3n) is 3.24. The fourth-order valence-electron chi connectivity index (χ4n) is 2.09. The first-order valence-corrected chi connectivity index (χ1v) is 7.61. The Hall–Kier alpha value is -1.73. The predicted molar refractivity (Wildman–Crippen MR) is 83.1 cm³/mol. The molecule has 5 nitrogen and oxygen atoms in total. The van der Waals surface area contributed by atoms with Crippen LogP contribution in [0.25, 0.3) is 0 Å². The molecule has 0 aromatic heterocycles. The molecule has 2 amide bonds. The highest BCUT2D eigenvalue weighted by atomic mass is 35.5. The summed E-state index contributed by atoms with van der Waals surface area (Å²) in [6, 6.07) is 1.66. The van der Waals surface area contributed by atoms with Crippen molar-refractivity contribution in [1.82, 2.24) is 5.32 Å². The molecule has 0 fully saturated rings. The highest BCUT2D eigenvalue weighted by molar-refractivity contribution is 6.39. The maximum absolute atomic E-state index is 13.6. The van der Waals surface area contributed by atoms with E-state index in [1.165, 1.54) is 0 Å². The van der Waals surface area contributed by atoms with Gasteiger partial charge in [0.2, 0.25) is 0 Å². The molecule has 0 aliphatic rings. The molecule has 128 valence electrons. The molecule has 0 aliphatic carbocycles. The number of hydrogen-bond donors (Lipinski definition) is 3. The Bertz CT molecular complexity index is 541. The van der Waals surface area contributed by atoms with E-state index >= 15 is 0 Å². The molecule has 0 aliphatic heterocycles. The van der Waals surface area contributed by atoms with Crippen LogP contribution in [0.3, 0.4) is 0 Å². The van der Waals surface area contributed by atoms with E-state index in [-0.39, 0.29) is 24.1 Å². The van der Waals surface area contributed by atoms with Gasteiger partial charge in [-0.2, -0.15) is 0 Å². The summed E-state index contributed by atoms with van der Waals surface area (Å²) in [6.45, 7) is 2.14. The third-order valence-corrected chi connectivity index (χ3v) is 3.46. The zero-order valence-electron chi connectivity index (χ0n) is 12.7.